The Morgan fingerprint density at radius 3 is 2.56 bits per heavy atom. The number of fused-ring (bicyclic) bond motifs is 1. The Kier molecular flexibility index (Phi) is 7.73. The summed E-state index contributed by atoms with van der Waals surface area (Å²) >= 11 is 0. The molecule has 0 radical (unpaired) electrons. The fraction of sp³-hybridized carbons (Fsp3) is 0.286. The topological polar surface area (TPSA) is 178 Å². The average molecular weight is 537 g/mol. The number of esters is 1. The predicted octanol–water partition coefficient (Wildman–Crippen LogP) is 2.89. The van der Waals surface area contributed by atoms with Gasteiger partial charge in [0.15, 0.2) is 12.4 Å². The fourth-order valence-electron chi connectivity index (χ4n) is 4.68. The summed E-state index contributed by atoms with van der Waals surface area (Å²) < 4.78 is 16.2. The molecule has 39 heavy (non-hydrogen) atoms. The highest BCUT2D eigenvalue weighted by molar-refractivity contribution is 5.98. The molecule has 0 aliphatic carbocycles. The van der Waals surface area contributed by atoms with Crippen molar-refractivity contribution in [2.45, 2.75) is 38.9 Å². The zero-order valence-electron chi connectivity index (χ0n) is 21.6. The summed E-state index contributed by atoms with van der Waals surface area (Å²) in [6.45, 7) is 2.58. The molecule has 1 aromatic heterocycles. The van der Waals surface area contributed by atoms with Crippen LogP contribution in [-0.2, 0) is 25.7 Å². The summed E-state index contributed by atoms with van der Waals surface area (Å²) in [5, 5.41) is 33.6. The van der Waals surface area contributed by atoms with E-state index in [1.807, 2.05) is 0 Å². The SMILES string of the molecule is COC(=O)C[C@@H](c1cccc(OCC(N)=O)c1)c1c(O)c(C(C)=O)cc([C@@H]2OCc3cnc(C)c(O)c32)c1O. The number of rotatable bonds is 9. The number of aromatic nitrogens is 1. The zero-order valence-corrected chi connectivity index (χ0v) is 21.6. The third-order valence-electron chi connectivity index (χ3n) is 6.61. The maximum atomic E-state index is 12.6. The fourth-order valence-corrected chi connectivity index (χ4v) is 4.68. The van der Waals surface area contributed by atoms with Crippen LogP contribution in [0.5, 0.6) is 23.0 Å². The normalized spacial score (nSPS) is 14.9. The van der Waals surface area contributed by atoms with Gasteiger partial charge >= 0.3 is 5.97 Å². The second-order valence-electron chi connectivity index (χ2n) is 9.16. The van der Waals surface area contributed by atoms with Crippen LogP contribution in [0.4, 0.5) is 0 Å². The van der Waals surface area contributed by atoms with Crippen LogP contribution in [0.1, 0.15) is 69.2 Å². The molecule has 2 heterocycles. The van der Waals surface area contributed by atoms with Crippen LogP contribution >= 0.6 is 0 Å². The van der Waals surface area contributed by atoms with Crippen molar-refractivity contribution in [1.82, 2.24) is 4.98 Å². The van der Waals surface area contributed by atoms with Crippen molar-refractivity contribution >= 4 is 17.7 Å². The Morgan fingerprint density at radius 2 is 1.90 bits per heavy atom. The number of amides is 1. The third kappa shape index (κ3) is 5.34. The number of primary amides is 1. The number of hydrogen-bond acceptors (Lipinski definition) is 10. The van der Waals surface area contributed by atoms with Gasteiger partial charge < -0.3 is 35.3 Å². The van der Waals surface area contributed by atoms with Crippen LogP contribution in [-0.4, -0.2) is 51.7 Å². The number of ketones is 1. The maximum absolute atomic E-state index is 12.6. The molecule has 5 N–H and O–H groups in total. The molecule has 0 saturated carbocycles. The molecule has 11 nitrogen and oxygen atoms in total. The molecule has 1 aliphatic heterocycles. The van der Waals surface area contributed by atoms with Crippen molar-refractivity contribution in [2.75, 3.05) is 13.7 Å². The second-order valence-corrected chi connectivity index (χ2v) is 9.16. The van der Waals surface area contributed by atoms with Crippen LogP contribution in [0.25, 0.3) is 0 Å². The van der Waals surface area contributed by atoms with E-state index in [1.54, 1.807) is 31.3 Å². The Morgan fingerprint density at radius 1 is 1.15 bits per heavy atom. The number of methoxy groups -OCH3 is 1. The van der Waals surface area contributed by atoms with Gasteiger partial charge in [-0.15, -0.1) is 0 Å². The highest BCUT2D eigenvalue weighted by Gasteiger charge is 2.36. The number of phenolic OH excluding ortho intramolecular Hbond substituents is 2. The van der Waals surface area contributed by atoms with E-state index in [-0.39, 0.29) is 47.8 Å². The number of aryl methyl sites for hydroxylation is 1. The predicted molar refractivity (Wildman–Crippen MR) is 137 cm³/mol. The molecule has 1 amide bonds. The van der Waals surface area contributed by atoms with Gasteiger partial charge in [0.25, 0.3) is 5.91 Å². The lowest BCUT2D eigenvalue weighted by Crippen LogP contribution is -2.20. The molecular weight excluding hydrogens is 508 g/mol. The molecule has 2 atom stereocenters. The van der Waals surface area contributed by atoms with Gasteiger partial charge in [0, 0.05) is 34.4 Å². The summed E-state index contributed by atoms with van der Waals surface area (Å²) in [5.41, 5.74) is 6.81. The molecule has 0 bridgehead atoms. The number of hydrogen-bond donors (Lipinski definition) is 4. The molecule has 0 fully saturated rings. The highest BCUT2D eigenvalue weighted by Crippen LogP contribution is 2.50. The Bertz CT molecular complexity index is 1470. The maximum Gasteiger partial charge on any atom is 0.306 e. The highest BCUT2D eigenvalue weighted by atomic mass is 16.5. The van der Waals surface area contributed by atoms with Gasteiger partial charge in [0.2, 0.25) is 0 Å². The van der Waals surface area contributed by atoms with E-state index in [0.717, 1.165) is 0 Å². The number of Topliss-reactive ketones (excluding diaryl/α,β-unsaturated/α-hetero) is 1. The van der Waals surface area contributed by atoms with Gasteiger partial charge in [-0.2, -0.15) is 0 Å². The van der Waals surface area contributed by atoms with Gasteiger partial charge in [-0.1, -0.05) is 12.1 Å². The van der Waals surface area contributed by atoms with E-state index in [1.165, 1.54) is 26.2 Å². The number of benzene rings is 2. The number of nitrogens with zero attached hydrogens (tertiary/aromatic N) is 1. The molecule has 0 saturated heterocycles. The first-order valence-electron chi connectivity index (χ1n) is 12.0. The molecule has 2 aromatic carbocycles. The van der Waals surface area contributed by atoms with E-state index in [2.05, 4.69) is 4.98 Å². The van der Waals surface area contributed by atoms with Crippen molar-refractivity contribution in [2.24, 2.45) is 5.73 Å². The van der Waals surface area contributed by atoms with Gasteiger partial charge in [0.05, 0.1) is 31.4 Å². The Labute approximate surface area is 223 Å². The third-order valence-corrected chi connectivity index (χ3v) is 6.61. The first kappa shape index (κ1) is 27.4. The summed E-state index contributed by atoms with van der Waals surface area (Å²) in [6.07, 6.45) is 0.253. The minimum absolute atomic E-state index is 0.0940. The molecule has 4 rings (SSSR count). The number of pyridine rings is 1. The van der Waals surface area contributed by atoms with Crippen molar-refractivity contribution in [3.63, 3.8) is 0 Å². The number of ether oxygens (including phenoxy) is 3. The zero-order chi connectivity index (χ0) is 28.4. The molecule has 11 heteroatoms. The Balaban J connectivity index is 1.94. The number of phenols is 2. The van der Waals surface area contributed by atoms with Crippen molar-refractivity contribution < 1.29 is 43.9 Å². The lowest BCUT2D eigenvalue weighted by Gasteiger charge is -2.25. The lowest BCUT2D eigenvalue weighted by molar-refractivity contribution is -0.140. The monoisotopic (exact) mass is 536 g/mol. The quantitative estimate of drug-likeness (QED) is 0.235. The number of nitrogens with two attached hydrogens (primary N) is 1. The Hall–Kier alpha value is -4.64. The van der Waals surface area contributed by atoms with Crippen molar-refractivity contribution in [1.29, 1.82) is 0 Å². The molecule has 0 spiro atoms. The average Bonchev–Trinajstić information content (AvgIpc) is 3.33. The van der Waals surface area contributed by atoms with E-state index in [9.17, 15) is 29.7 Å². The summed E-state index contributed by atoms with van der Waals surface area (Å²) in [6, 6.07) is 7.64. The summed E-state index contributed by atoms with van der Waals surface area (Å²) in [7, 11) is 1.20. The van der Waals surface area contributed by atoms with Gasteiger partial charge in [-0.05, 0) is 37.6 Å². The summed E-state index contributed by atoms with van der Waals surface area (Å²) in [5.74, 6) is -3.66. The first-order chi connectivity index (χ1) is 18.5. The van der Waals surface area contributed by atoms with E-state index < -0.39 is 41.2 Å². The van der Waals surface area contributed by atoms with E-state index in [4.69, 9.17) is 19.9 Å². The van der Waals surface area contributed by atoms with Gasteiger partial charge in [0.1, 0.15) is 29.1 Å². The van der Waals surface area contributed by atoms with Crippen molar-refractivity contribution in [3.05, 3.63) is 75.6 Å². The van der Waals surface area contributed by atoms with E-state index >= 15 is 0 Å². The second kappa shape index (κ2) is 11.0. The minimum Gasteiger partial charge on any atom is -0.507 e. The first-order valence-corrected chi connectivity index (χ1v) is 12.0. The summed E-state index contributed by atoms with van der Waals surface area (Å²) in [4.78, 5) is 40.4. The lowest BCUT2D eigenvalue weighted by atomic mass is 9.83. The van der Waals surface area contributed by atoms with Gasteiger partial charge in [-0.25, -0.2) is 0 Å². The van der Waals surface area contributed by atoms with Crippen LogP contribution in [0.3, 0.4) is 0 Å². The smallest absolute Gasteiger partial charge is 0.306 e. The molecule has 0 unspecified atom stereocenters. The van der Waals surface area contributed by atoms with Gasteiger partial charge in [-0.3, -0.25) is 19.4 Å². The van der Waals surface area contributed by atoms with Crippen molar-refractivity contribution in [3.8, 4) is 23.0 Å². The number of carbonyl (C=O) groups excluding carboxylic acids is 3. The van der Waals surface area contributed by atoms with Crippen LogP contribution in [0.2, 0.25) is 0 Å². The van der Waals surface area contributed by atoms with Crippen LogP contribution < -0.4 is 10.5 Å². The van der Waals surface area contributed by atoms with Crippen LogP contribution in [0, 0.1) is 6.92 Å². The molecule has 1 aliphatic rings. The largest absolute Gasteiger partial charge is 0.507 e. The molecule has 3 aromatic rings. The number of aromatic hydroxyl groups is 3. The van der Waals surface area contributed by atoms with E-state index in [0.29, 0.717) is 22.4 Å². The number of carbonyl (C=O) groups is 3. The molecule has 204 valence electrons. The minimum atomic E-state index is -1.01. The van der Waals surface area contributed by atoms with Crippen LogP contribution in [0.15, 0.2) is 36.5 Å². The molecular formula is C28H28N2O9. The standard InChI is InChI=1S/C28H28N2O9/c1-13-25(34)23-16(10-30-13)11-39-28(23)20-8-18(14(2)31)26(35)24(27(20)36)19(9-22(33)37-3)15-5-4-6-17(7-15)38-12-21(29)32/h4-8,10,19,28,34-36H,9,11-12H2,1-3H3,(H2,29,32)/t19-,28-/m0/s1.